The van der Waals surface area contributed by atoms with Crippen LogP contribution in [-0.2, 0) is 9.59 Å². The van der Waals surface area contributed by atoms with Crippen molar-refractivity contribution in [3.63, 3.8) is 0 Å². The van der Waals surface area contributed by atoms with E-state index in [0.29, 0.717) is 18.8 Å². The normalized spacial score (nSPS) is 21.0. The van der Waals surface area contributed by atoms with Crippen LogP contribution in [0.3, 0.4) is 0 Å². The first-order chi connectivity index (χ1) is 12.7. The van der Waals surface area contributed by atoms with Gasteiger partial charge in [-0.15, -0.1) is 0 Å². The molecule has 2 saturated heterocycles. The van der Waals surface area contributed by atoms with Crippen LogP contribution in [0.2, 0.25) is 0 Å². The minimum Gasteiger partial charge on any atom is -0.497 e. The number of piperidine rings is 1. The highest BCUT2D eigenvalue weighted by Gasteiger charge is 2.35. The summed E-state index contributed by atoms with van der Waals surface area (Å²) in [6, 6.07) is 7.40. The number of hydrogen-bond acceptors (Lipinski definition) is 4. The van der Waals surface area contributed by atoms with Crippen LogP contribution in [0.25, 0.3) is 0 Å². The van der Waals surface area contributed by atoms with Crippen LogP contribution in [0.5, 0.6) is 5.75 Å². The second kappa shape index (κ2) is 9.03. The van der Waals surface area contributed by atoms with E-state index in [1.165, 1.54) is 32.4 Å². The van der Waals surface area contributed by atoms with Crippen molar-refractivity contribution < 1.29 is 14.3 Å². The third-order valence-electron chi connectivity index (χ3n) is 5.26. The molecule has 2 amide bonds. The number of methoxy groups -OCH3 is 1. The van der Waals surface area contributed by atoms with E-state index in [1.807, 2.05) is 24.3 Å². The highest BCUT2D eigenvalue weighted by atomic mass is 16.5. The highest BCUT2D eigenvalue weighted by Crippen LogP contribution is 2.27. The maximum Gasteiger partial charge on any atom is 0.227 e. The Balaban J connectivity index is 1.44. The molecule has 1 atom stereocenters. The third-order valence-corrected chi connectivity index (χ3v) is 5.26. The van der Waals surface area contributed by atoms with Gasteiger partial charge in [-0.25, -0.2) is 0 Å². The summed E-state index contributed by atoms with van der Waals surface area (Å²) in [7, 11) is 1.60. The van der Waals surface area contributed by atoms with Gasteiger partial charge in [-0.05, 0) is 51.0 Å². The first kappa shape index (κ1) is 18.7. The molecule has 1 N–H and O–H groups in total. The number of benzene rings is 1. The highest BCUT2D eigenvalue weighted by molar-refractivity contribution is 6.00. The second-order valence-electron chi connectivity index (χ2n) is 7.15. The van der Waals surface area contributed by atoms with E-state index in [-0.39, 0.29) is 24.2 Å². The molecule has 1 unspecified atom stereocenters. The van der Waals surface area contributed by atoms with E-state index < -0.39 is 0 Å². The fourth-order valence-electron chi connectivity index (χ4n) is 3.75. The van der Waals surface area contributed by atoms with Crippen molar-refractivity contribution >= 4 is 17.5 Å². The van der Waals surface area contributed by atoms with Gasteiger partial charge in [0.1, 0.15) is 5.75 Å². The van der Waals surface area contributed by atoms with E-state index in [9.17, 15) is 9.59 Å². The minimum atomic E-state index is -0.274. The molecule has 1 aromatic rings. The molecule has 0 saturated carbocycles. The van der Waals surface area contributed by atoms with Crippen molar-refractivity contribution in [1.29, 1.82) is 0 Å². The Labute approximate surface area is 155 Å². The van der Waals surface area contributed by atoms with E-state index in [1.54, 1.807) is 12.0 Å². The lowest BCUT2D eigenvalue weighted by Crippen LogP contribution is -2.36. The first-order valence-corrected chi connectivity index (χ1v) is 9.62. The summed E-state index contributed by atoms with van der Waals surface area (Å²) in [5, 5.41) is 3.01. The molecule has 2 aliphatic rings. The van der Waals surface area contributed by atoms with Crippen LogP contribution in [0.1, 0.15) is 32.1 Å². The summed E-state index contributed by atoms with van der Waals surface area (Å²) in [6.45, 7) is 4.52. The molecule has 0 radical (unpaired) electrons. The van der Waals surface area contributed by atoms with Crippen molar-refractivity contribution in [1.82, 2.24) is 10.2 Å². The average Bonchev–Trinajstić information content (AvgIpc) is 3.08. The van der Waals surface area contributed by atoms with Crippen LogP contribution in [-0.4, -0.2) is 56.5 Å². The molecule has 0 bridgehead atoms. The number of rotatable bonds is 7. The maximum atomic E-state index is 12.4. The van der Waals surface area contributed by atoms with Gasteiger partial charge in [0.05, 0.1) is 13.0 Å². The zero-order valence-electron chi connectivity index (χ0n) is 15.6. The number of carbonyl (C=O) groups is 2. The zero-order valence-corrected chi connectivity index (χ0v) is 15.6. The number of carbonyl (C=O) groups excluding carboxylic acids is 2. The summed E-state index contributed by atoms with van der Waals surface area (Å²) < 4.78 is 5.22. The zero-order chi connectivity index (χ0) is 18.4. The Kier molecular flexibility index (Phi) is 6.50. The van der Waals surface area contributed by atoms with Crippen molar-refractivity contribution in [2.45, 2.75) is 32.1 Å². The van der Waals surface area contributed by atoms with Gasteiger partial charge in [0.2, 0.25) is 11.8 Å². The number of nitrogens with one attached hydrogen (secondary N) is 1. The smallest absolute Gasteiger partial charge is 0.227 e. The summed E-state index contributed by atoms with van der Waals surface area (Å²) in [4.78, 5) is 28.9. The van der Waals surface area contributed by atoms with Crippen molar-refractivity contribution in [3.05, 3.63) is 24.3 Å². The molecule has 2 heterocycles. The lowest BCUT2D eigenvalue weighted by atomic mass is 10.1. The van der Waals surface area contributed by atoms with Crippen molar-refractivity contribution in [3.8, 4) is 5.75 Å². The number of ether oxygens (including phenoxy) is 1. The van der Waals surface area contributed by atoms with Gasteiger partial charge in [-0.2, -0.15) is 0 Å². The van der Waals surface area contributed by atoms with Gasteiger partial charge in [0, 0.05) is 31.3 Å². The van der Waals surface area contributed by atoms with Gasteiger partial charge in [0.15, 0.2) is 0 Å². The van der Waals surface area contributed by atoms with Crippen LogP contribution in [0.15, 0.2) is 24.3 Å². The standard InChI is InChI=1S/C20H29N3O3/c1-26-18-8-5-7-17(14-18)23-15-16(13-19(23)24)20(25)21-9-6-12-22-10-3-2-4-11-22/h5,7-8,14,16H,2-4,6,9-13,15H2,1H3,(H,21,25). The maximum absolute atomic E-state index is 12.4. The molecule has 2 fully saturated rings. The van der Waals surface area contributed by atoms with Crippen LogP contribution in [0.4, 0.5) is 5.69 Å². The molecular weight excluding hydrogens is 330 g/mol. The van der Waals surface area contributed by atoms with E-state index >= 15 is 0 Å². The second-order valence-corrected chi connectivity index (χ2v) is 7.15. The topological polar surface area (TPSA) is 61.9 Å². The molecular formula is C20H29N3O3. The number of hydrogen-bond donors (Lipinski definition) is 1. The summed E-state index contributed by atoms with van der Waals surface area (Å²) in [5.74, 6) is 0.415. The molecule has 1 aromatic carbocycles. The number of amides is 2. The molecule has 0 aromatic heterocycles. The molecule has 3 rings (SSSR count). The molecule has 6 heteroatoms. The van der Waals surface area contributed by atoms with Gasteiger partial charge in [-0.1, -0.05) is 12.5 Å². The Bertz CT molecular complexity index is 628. The number of likely N-dealkylation sites (tertiary alicyclic amines) is 1. The fraction of sp³-hybridized carbons (Fsp3) is 0.600. The molecule has 142 valence electrons. The Hall–Kier alpha value is -2.08. The third kappa shape index (κ3) is 4.75. The van der Waals surface area contributed by atoms with Gasteiger partial charge in [-0.3, -0.25) is 9.59 Å². The Morgan fingerprint density at radius 3 is 2.85 bits per heavy atom. The average molecular weight is 359 g/mol. The summed E-state index contributed by atoms with van der Waals surface area (Å²) >= 11 is 0. The van der Waals surface area contributed by atoms with Gasteiger partial charge < -0.3 is 19.9 Å². The lowest BCUT2D eigenvalue weighted by molar-refractivity contribution is -0.126. The molecule has 0 spiro atoms. The van der Waals surface area contributed by atoms with E-state index in [4.69, 9.17) is 4.74 Å². The van der Waals surface area contributed by atoms with E-state index in [0.717, 1.165) is 18.7 Å². The Morgan fingerprint density at radius 2 is 2.08 bits per heavy atom. The fourth-order valence-corrected chi connectivity index (χ4v) is 3.75. The lowest BCUT2D eigenvalue weighted by Gasteiger charge is -2.26. The number of anilines is 1. The quantitative estimate of drug-likeness (QED) is 0.757. The summed E-state index contributed by atoms with van der Waals surface area (Å²) in [5.41, 5.74) is 0.787. The largest absolute Gasteiger partial charge is 0.497 e. The predicted molar refractivity (Wildman–Crippen MR) is 101 cm³/mol. The van der Waals surface area contributed by atoms with Gasteiger partial charge in [0.25, 0.3) is 0 Å². The first-order valence-electron chi connectivity index (χ1n) is 9.62. The van der Waals surface area contributed by atoms with Crippen LogP contribution in [0, 0.1) is 5.92 Å². The Morgan fingerprint density at radius 1 is 1.27 bits per heavy atom. The van der Waals surface area contributed by atoms with Crippen LogP contribution >= 0.6 is 0 Å². The minimum absolute atomic E-state index is 0.00767. The van der Waals surface area contributed by atoms with Gasteiger partial charge >= 0.3 is 0 Å². The van der Waals surface area contributed by atoms with E-state index in [2.05, 4.69) is 10.2 Å². The molecule has 0 aliphatic carbocycles. The summed E-state index contributed by atoms with van der Waals surface area (Å²) in [6.07, 6.45) is 5.15. The number of nitrogens with zero attached hydrogens (tertiary/aromatic N) is 2. The molecule has 2 aliphatic heterocycles. The van der Waals surface area contributed by atoms with Crippen LogP contribution < -0.4 is 15.0 Å². The predicted octanol–water partition coefficient (Wildman–Crippen LogP) is 2.04. The molecule has 26 heavy (non-hydrogen) atoms. The van der Waals surface area contributed by atoms with Crippen molar-refractivity contribution in [2.24, 2.45) is 5.92 Å². The van der Waals surface area contributed by atoms with Crippen molar-refractivity contribution in [2.75, 3.05) is 44.7 Å². The monoisotopic (exact) mass is 359 g/mol. The molecule has 6 nitrogen and oxygen atoms in total. The SMILES string of the molecule is COc1cccc(N2CC(C(=O)NCCCN3CCCCC3)CC2=O)c1.